The zero-order valence-electron chi connectivity index (χ0n) is 17.8. The Hall–Kier alpha value is -4.64. The molecule has 0 atom stereocenters. The summed E-state index contributed by atoms with van der Waals surface area (Å²) in [5.74, 6) is 3.08. The van der Waals surface area contributed by atoms with Crippen molar-refractivity contribution in [3.8, 4) is 6.07 Å². The lowest BCUT2D eigenvalue weighted by atomic mass is 9.79. The van der Waals surface area contributed by atoms with E-state index in [1.54, 1.807) is 6.07 Å². The number of nitrogens with two attached hydrogens (primary N) is 1. The van der Waals surface area contributed by atoms with Gasteiger partial charge in [0.2, 0.25) is 11.7 Å². The highest BCUT2D eigenvalue weighted by atomic mass is 15.2. The fourth-order valence-corrected chi connectivity index (χ4v) is 4.41. The molecule has 7 nitrogen and oxygen atoms in total. The molecule has 2 N–H and O–H groups in total. The monoisotopic (exact) mass is 426 g/mol. The minimum absolute atomic E-state index is 0.274. The van der Waals surface area contributed by atoms with Gasteiger partial charge in [0.05, 0.1) is 28.3 Å². The number of aliphatic imine (C=N–C) groups is 3. The fourth-order valence-electron chi connectivity index (χ4n) is 4.41. The van der Waals surface area contributed by atoms with Gasteiger partial charge in [0, 0.05) is 11.1 Å². The molecule has 8 heteroatoms. The van der Waals surface area contributed by atoms with Gasteiger partial charge < -0.3 is 5.73 Å². The van der Waals surface area contributed by atoms with Crippen molar-refractivity contribution >= 4 is 36.2 Å². The number of amidine groups is 5. The zero-order valence-corrected chi connectivity index (χ0v) is 17.8. The lowest BCUT2D eigenvalue weighted by Gasteiger charge is -2.13. The maximum atomic E-state index is 9.55. The standard InChI is InChI=1S/C25H16BN7/c1-26-32-23(16-9-3-2-8-15(16)14-27)31-25-20-13-7-6-12-19(20)24(33(25)26)30-22-18-11-5-4-10-17(18)21(28)29-22/h2-13,28H,1H3/p+1. The molecule has 3 aliphatic heterocycles. The van der Waals surface area contributed by atoms with Gasteiger partial charge in [-0.2, -0.15) is 10.3 Å². The van der Waals surface area contributed by atoms with E-state index in [0.717, 1.165) is 39.5 Å². The van der Waals surface area contributed by atoms with Gasteiger partial charge in [-0.3, -0.25) is 9.39 Å². The molecule has 0 radical (unpaired) electrons. The molecule has 0 saturated carbocycles. The normalized spacial score (nSPS) is 17.2. The Bertz CT molecular complexity index is 1550. The third-order valence-corrected chi connectivity index (χ3v) is 5.93. The molecule has 0 unspecified atom stereocenters. The molecule has 3 aromatic carbocycles. The smallest absolute Gasteiger partial charge is 0.383 e. The Morgan fingerprint density at radius 1 is 0.848 bits per heavy atom. The Morgan fingerprint density at radius 2 is 1.48 bits per heavy atom. The molecule has 33 heavy (non-hydrogen) atoms. The summed E-state index contributed by atoms with van der Waals surface area (Å²) >= 11 is 0. The molecule has 3 heterocycles. The van der Waals surface area contributed by atoms with E-state index < -0.39 is 0 Å². The molecule has 3 aliphatic rings. The van der Waals surface area contributed by atoms with E-state index in [9.17, 15) is 5.26 Å². The Morgan fingerprint density at radius 3 is 2.24 bits per heavy atom. The maximum absolute atomic E-state index is 9.55. The summed E-state index contributed by atoms with van der Waals surface area (Å²) in [4.78, 5) is 19.2. The minimum Gasteiger partial charge on any atom is -0.383 e. The van der Waals surface area contributed by atoms with E-state index in [1.807, 2.05) is 78.0 Å². The quantitative estimate of drug-likeness (QED) is 0.605. The summed E-state index contributed by atoms with van der Waals surface area (Å²) in [6.45, 7) is 1.72. The zero-order chi connectivity index (χ0) is 22.5. The van der Waals surface area contributed by atoms with Gasteiger partial charge in [0.25, 0.3) is 11.7 Å². The molecule has 3 aromatic rings. The number of hydrogen-bond acceptors (Lipinski definition) is 5. The molecular formula is C25H17BN7+. The number of fused-ring (bicyclic) bond motifs is 4. The van der Waals surface area contributed by atoms with E-state index in [-0.39, 0.29) is 6.98 Å². The van der Waals surface area contributed by atoms with Crippen molar-refractivity contribution in [1.29, 1.82) is 5.26 Å². The first-order valence-electron chi connectivity index (χ1n) is 10.6. The molecule has 6 rings (SSSR count). The lowest BCUT2D eigenvalue weighted by molar-refractivity contribution is -0.245. The van der Waals surface area contributed by atoms with Crippen LogP contribution in [0, 0.1) is 11.3 Å². The van der Waals surface area contributed by atoms with Crippen molar-refractivity contribution in [2.24, 2.45) is 25.6 Å². The lowest BCUT2D eigenvalue weighted by Crippen LogP contribution is -2.38. The number of rotatable bonds is 1. The van der Waals surface area contributed by atoms with E-state index in [2.05, 4.69) is 11.1 Å². The largest absolute Gasteiger partial charge is 0.482 e. The van der Waals surface area contributed by atoms with Crippen LogP contribution in [0.25, 0.3) is 0 Å². The molecule has 0 aliphatic carbocycles. The van der Waals surface area contributed by atoms with Gasteiger partial charge >= 0.3 is 6.98 Å². The summed E-state index contributed by atoms with van der Waals surface area (Å²) in [7, 11) is 0. The van der Waals surface area contributed by atoms with Gasteiger partial charge in [0.15, 0.2) is 0 Å². The highest BCUT2D eigenvalue weighted by molar-refractivity contribution is 6.55. The predicted molar refractivity (Wildman–Crippen MR) is 130 cm³/mol. The first kappa shape index (κ1) is 19.1. The number of nitrogens with zero attached hydrogens (tertiary/aromatic N) is 6. The van der Waals surface area contributed by atoms with Crippen molar-refractivity contribution in [3.05, 3.63) is 106 Å². The van der Waals surface area contributed by atoms with Crippen LogP contribution in [0.15, 0.2) is 92.7 Å². The predicted octanol–water partition coefficient (Wildman–Crippen LogP) is 2.82. The SMILES string of the molecule is CB1N=C(c2ccccc2C#N)N=C2c3ccccc3C(N=C3N=C(N)c4ccccc43)=[N+]12. The molecule has 0 saturated heterocycles. The summed E-state index contributed by atoms with van der Waals surface area (Å²) in [6, 6.07) is 25.5. The van der Waals surface area contributed by atoms with Crippen LogP contribution in [-0.4, -0.2) is 40.6 Å². The number of hydrogen-bond donors (Lipinski definition) is 1. The van der Waals surface area contributed by atoms with Gasteiger partial charge in [-0.15, -0.1) is 0 Å². The topological polar surface area (TPSA) is 102 Å². The second-order valence-electron chi connectivity index (χ2n) is 7.89. The Kier molecular flexibility index (Phi) is 4.17. The molecule has 0 aromatic heterocycles. The summed E-state index contributed by atoms with van der Waals surface area (Å²) < 4.78 is 2.02. The molecule has 0 amide bonds. The molecular weight excluding hydrogens is 409 g/mol. The molecule has 0 fully saturated rings. The van der Waals surface area contributed by atoms with Gasteiger partial charge in [-0.25, -0.2) is 0 Å². The Labute approximate surface area is 190 Å². The van der Waals surface area contributed by atoms with Crippen molar-refractivity contribution < 1.29 is 4.49 Å². The van der Waals surface area contributed by atoms with Gasteiger partial charge in [0.1, 0.15) is 5.84 Å². The highest BCUT2D eigenvalue weighted by Gasteiger charge is 2.42. The number of nitriles is 1. The first-order valence-corrected chi connectivity index (χ1v) is 10.6. The average molecular weight is 426 g/mol. The van der Waals surface area contributed by atoms with Crippen molar-refractivity contribution in [1.82, 2.24) is 0 Å². The third-order valence-electron chi connectivity index (χ3n) is 5.93. The van der Waals surface area contributed by atoms with Crippen molar-refractivity contribution in [2.45, 2.75) is 6.82 Å². The molecule has 154 valence electrons. The molecule has 0 spiro atoms. The average Bonchev–Trinajstić information content (AvgIpc) is 3.34. The molecule has 0 bridgehead atoms. The fraction of sp³-hybridized carbons (Fsp3) is 0.0400. The second-order valence-corrected chi connectivity index (χ2v) is 7.89. The van der Waals surface area contributed by atoms with Crippen LogP contribution in [0.1, 0.15) is 33.4 Å². The number of benzene rings is 3. The third kappa shape index (κ3) is 2.87. The Balaban J connectivity index is 1.55. The summed E-state index contributed by atoms with van der Waals surface area (Å²) in [5.41, 5.74) is 11.1. The van der Waals surface area contributed by atoms with E-state index in [1.165, 1.54) is 0 Å². The van der Waals surface area contributed by atoms with Crippen LogP contribution in [0.4, 0.5) is 0 Å². The van der Waals surface area contributed by atoms with Gasteiger partial charge in [-0.05, 0) is 37.2 Å². The van der Waals surface area contributed by atoms with Gasteiger partial charge in [-0.1, -0.05) is 52.4 Å². The van der Waals surface area contributed by atoms with Crippen LogP contribution >= 0.6 is 0 Å². The second kappa shape index (κ2) is 7.21. The van der Waals surface area contributed by atoms with E-state index in [4.69, 9.17) is 20.6 Å². The maximum Gasteiger partial charge on any atom is 0.482 e. The van der Waals surface area contributed by atoms with E-state index >= 15 is 0 Å². The van der Waals surface area contributed by atoms with Crippen molar-refractivity contribution in [3.63, 3.8) is 0 Å². The van der Waals surface area contributed by atoms with Crippen LogP contribution in [-0.2, 0) is 0 Å². The minimum atomic E-state index is -0.274. The van der Waals surface area contributed by atoms with Crippen LogP contribution in [0.2, 0.25) is 6.82 Å². The van der Waals surface area contributed by atoms with Crippen LogP contribution in [0.3, 0.4) is 0 Å². The highest BCUT2D eigenvalue weighted by Crippen LogP contribution is 2.27. The van der Waals surface area contributed by atoms with E-state index in [0.29, 0.717) is 23.1 Å². The summed E-state index contributed by atoms with van der Waals surface area (Å²) in [5, 5.41) is 9.55. The first-order chi connectivity index (χ1) is 16.2. The van der Waals surface area contributed by atoms with Crippen LogP contribution in [0.5, 0.6) is 0 Å². The van der Waals surface area contributed by atoms with Crippen molar-refractivity contribution in [2.75, 3.05) is 0 Å². The van der Waals surface area contributed by atoms with Crippen LogP contribution < -0.4 is 5.73 Å². The summed E-state index contributed by atoms with van der Waals surface area (Å²) in [6.07, 6.45) is 0.